The number of nitrogens with two attached hydrogens (primary N) is 1. The fourth-order valence-electron chi connectivity index (χ4n) is 2.77. The van der Waals surface area contributed by atoms with Gasteiger partial charge in [-0.1, -0.05) is 49.6 Å². The number of ether oxygens (including phenoxy) is 1. The quantitative estimate of drug-likeness (QED) is 0.882. The van der Waals surface area contributed by atoms with E-state index in [1.54, 1.807) is 0 Å². The van der Waals surface area contributed by atoms with Crippen molar-refractivity contribution in [1.82, 2.24) is 0 Å². The van der Waals surface area contributed by atoms with E-state index >= 15 is 0 Å². The van der Waals surface area contributed by atoms with Crippen molar-refractivity contribution in [2.75, 3.05) is 6.61 Å². The second-order valence-corrected chi connectivity index (χ2v) is 5.75. The third-order valence-corrected chi connectivity index (χ3v) is 3.87. The monoisotopic (exact) mass is 247 g/mol. The first-order valence-corrected chi connectivity index (χ1v) is 7.09. The summed E-state index contributed by atoms with van der Waals surface area (Å²) in [4.78, 5) is 0. The first-order valence-electron chi connectivity index (χ1n) is 7.09. The van der Waals surface area contributed by atoms with Crippen molar-refractivity contribution in [3.8, 4) is 0 Å². The van der Waals surface area contributed by atoms with Crippen molar-refractivity contribution in [1.29, 1.82) is 0 Å². The second-order valence-electron chi connectivity index (χ2n) is 5.75. The molecule has 1 fully saturated rings. The Balaban J connectivity index is 1.82. The summed E-state index contributed by atoms with van der Waals surface area (Å²) in [5.41, 5.74) is 8.63. The summed E-state index contributed by atoms with van der Waals surface area (Å²) in [7, 11) is 0. The highest BCUT2D eigenvalue weighted by Gasteiger charge is 2.20. The Labute approximate surface area is 111 Å². The molecule has 0 bridgehead atoms. The van der Waals surface area contributed by atoms with Gasteiger partial charge in [-0.3, -0.25) is 0 Å². The van der Waals surface area contributed by atoms with E-state index in [1.165, 1.54) is 36.8 Å². The molecule has 2 N–H and O–H groups in total. The largest absolute Gasteiger partial charge is 0.376 e. The van der Waals surface area contributed by atoms with E-state index in [2.05, 4.69) is 38.1 Å². The molecule has 0 saturated heterocycles. The molecule has 2 nitrogen and oxygen atoms in total. The van der Waals surface area contributed by atoms with E-state index in [4.69, 9.17) is 10.5 Å². The predicted octanol–water partition coefficient (Wildman–Crippen LogP) is 3.59. The van der Waals surface area contributed by atoms with Crippen molar-refractivity contribution in [3.63, 3.8) is 0 Å². The van der Waals surface area contributed by atoms with Gasteiger partial charge in [0.25, 0.3) is 0 Å². The molecule has 0 heterocycles. The molecule has 1 aliphatic carbocycles. The minimum Gasteiger partial charge on any atom is -0.376 e. The van der Waals surface area contributed by atoms with Gasteiger partial charge >= 0.3 is 0 Å². The van der Waals surface area contributed by atoms with Gasteiger partial charge < -0.3 is 10.5 Å². The molecule has 2 heteroatoms. The molecule has 1 aliphatic rings. The molecule has 1 saturated carbocycles. The Morgan fingerprint density at radius 3 is 2.94 bits per heavy atom. The van der Waals surface area contributed by atoms with Gasteiger partial charge in [0, 0.05) is 0 Å². The predicted molar refractivity (Wildman–Crippen MR) is 75.5 cm³/mol. The maximum Gasteiger partial charge on any atom is 0.0663 e. The van der Waals surface area contributed by atoms with Crippen LogP contribution in [0.3, 0.4) is 0 Å². The molecule has 1 aromatic rings. The van der Waals surface area contributed by atoms with Crippen molar-refractivity contribution in [2.24, 2.45) is 11.7 Å². The molecule has 18 heavy (non-hydrogen) atoms. The molecule has 2 rings (SSSR count). The van der Waals surface area contributed by atoms with E-state index in [-0.39, 0.29) is 6.04 Å². The van der Waals surface area contributed by atoms with Gasteiger partial charge in [-0.2, -0.15) is 0 Å². The van der Waals surface area contributed by atoms with Crippen LogP contribution in [0.25, 0.3) is 0 Å². The van der Waals surface area contributed by atoms with Gasteiger partial charge in [0.05, 0.1) is 18.8 Å². The van der Waals surface area contributed by atoms with E-state index in [0.29, 0.717) is 12.7 Å². The van der Waals surface area contributed by atoms with Crippen molar-refractivity contribution < 1.29 is 4.74 Å². The minimum atomic E-state index is 0.00197. The maximum atomic E-state index is 6.19. The lowest BCUT2D eigenvalue weighted by Crippen LogP contribution is -2.26. The molecule has 3 unspecified atom stereocenters. The van der Waals surface area contributed by atoms with Crippen LogP contribution >= 0.6 is 0 Å². The Morgan fingerprint density at radius 1 is 1.39 bits per heavy atom. The van der Waals surface area contributed by atoms with Gasteiger partial charge in [0.2, 0.25) is 0 Å². The van der Waals surface area contributed by atoms with Gasteiger partial charge in [0.15, 0.2) is 0 Å². The van der Waals surface area contributed by atoms with Crippen LogP contribution in [0, 0.1) is 12.8 Å². The lowest BCUT2D eigenvalue weighted by Gasteiger charge is -2.28. The average Bonchev–Trinajstić information content (AvgIpc) is 2.36. The number of rotatable bonds is 4. The molecule has 3 atom stereocenters. The number of hydrogen-bond donors (Lipinski definition) is 1. The third-order valence-electron chi connectivity index (χ3n) is 3.87. The molecule has 0 aromatic heterocycles. The van der Waals surface area contributed by atoms with Crippen LogP contribution in [-0.2, 0) is 4.74 Å². The highest BCUT2D eigenvalue weighted by Crippen LogP contribution is 2.26. The molecule has 0 spiro atoms. The summed E-state index contributed by atoms with van der Waals surface area (Å²) in [6, 6.07) is 8.40. The van der Waals surface area contributed by atoms with Gasteiger partial charge in [0.1, 0.15) is 0 Å². The number of benzene rings is 1. The lowest BCUT2D eigenvalue weighted by atomic mass is 9.89. The van der Waals surface area contributed by atoms with Crippen molar-refractivity contribution in [2.45, 2.75) is 51.7 Å². The Morgan fingerprint density at radius 2 is 2.22 bits per heavy atom. The summed E-state index contributed by atoms with van der Waals surface area (Å²) in [5.74, 6) is 0.805. The van der Waals surface area contributed by atoms with Crippen LogP contribution in [0.2, 0.25) is 0 Å². The molecule has 100 valence electrons. The third kappa shape index (κ3) is 3.82. The van der Waals surface area contributed by atoms with E-state index in [9.17, 15) is 0 Å². The zero-order chi connectivity index (χ0) is 13.0. The van der Waals surface area contributed by atoms with Crippen LogP contribution in [0.5, 0.6) is 0 Å². The SMILES string of the molecule is Cc1cccc(C(N)COC2CCCC(C)C2)c1. The summed E-state index contributed by atoms with van der Waals surface area (Å²) < 4.78 is 5.98. The normalized spacial score (nSPS) is 25.9. The minimum absolute atomic E-state index is 0.00197. The topological polar surface area (TPSA) is 35.2 Å². The molecule has 0 radical (unpaired) electrons. The van der Waals surface area contributed by atoms with E-state index in [0.717, 1.165) is 5.92 Å². The standard InChI is InChI=1S/C16H25NO/c1-12-5-3-7-14(9-12)16(17)11-18-15-8-4-6-13(2)10-15/h3,5,7,9,13,15-16H,4,6,8,10-11,17H2,1-2H3. The fraction of sp³-hybridized carbons (Fsp3) is 0.625. The van der Waals surface area contributed by atoms with Crippen LogP contribution in [0.1, 0.15) is 49.8 Å². The average molecular weight is 247 g/mol. The Kier molecular flexibility index (Phi) is 4.79. The van der Waals surface area contributed by atoms with Crippen LogP contribution in [0.15, 0.2) is 24.3 Å². The summed E-state index contributed by atoms with van der Waals surface area (Å²) in [5, 5.41) is 0. The fourth-order valence-corrected chi connectivity index (χ4v) is 2.77. The summed E-state index contributed by atoms with van der Waals surface area (Å²) in [6.07, 6.45) is 5.46. The molecule has 0 amide bonds. The first kappa shape index (κ1) is 13.6. The highest BCUT2D eigenvalue weighted by molar-refractivity contribution is 5.24. The van der Waals surface area contributed by atoms with E-state index in [1.807, 2.05) is 0 Å². The van der Waals surface area contributed by atoms with E-state index < -0.39 is 0 Å². The van der Waals surface area contributed by atoms with Gasteiger partial charge in [-0.05, 0) is 31.2 Å². The van der Waals surface area contributed by atoms with Gasteiger partial charge in [-0.25, -0.2) is 0 Å². The highest BCUT2D eigenvalue weighted by atomic mass is 16.5. The maximum absolute atomic E-state index is 6.19. The van der Waals surface area contributed by atoms with Gasteiger partial charge in [-0.15, -0.1) is 0 Å². The van der Waals surface area contributed by atoms with Crippen LogP contribution in [-0.4, -0.2) is 12.7 Å². The zero-order valence-electron chi connectivity index (χ0n) is 11.6. The number of aryl methyl sites for hydroxylation is 1. The first-order chi connectivity index (χ1) is 8.65. The molecular formula is C16H25NO. The zero-order valence-corrected chi connectivity index (χ0v) is 11.6. The molecule has 0 aliphatic heterocycles. The van der Waals surface area contributed by atoms with Crippen molar-refractivity contribution >= 4 is 0 Å². The molecule has 1 aromatic carbocycles. The molecular weight excluding hydrogens is 222 g/mol. The summed E-state index contributed by atoms with van der Waals surface area (Å²) >= 11 is 0. The van der Waals surface area contributed by atoms with Crippen molar-refractivity contribution in [3.05, 3.63) is 35.4 Å². The van der Waals surface area contributed by atoms with Crippen LogP contribution < -0.4 is 5.73 Å². The second kappa shape index (κ2) is 6.35. The summed E-state index contributed by atoms with van der Waals surface area (Å²) in [6.45, 7) is 5.05. The lowest BCUT2D eigenvalue weighted by molar-refractivity contribution is 0.00851. The Bertz CT molecular complexity index is 377. The smallest absolute Gasteiger partial charge is 0.0663 e. The van der Waals surface area contributed by atoms with Crippen LogP contribution in [0.4, 0.5) is 0 Å². The Hall–Kier alpha value is -0.860. The number of hydrogen-bond acceptors (Lipinski definition) is 2.